The van der Waals surface area contributed by atoms with Crippen LogP contribution in [-0.4, -0.2) is 25.4 Å². The number of unbranched alkanes of at least 4 members (excludes halogenated alkanes) is 1. The topological polar surface area (TPSA) is 18.5 Å². The zero-order valence-corrected chi connectivity index (χ0v) is 27.6. The van der Waals surface area contributed by atoms with Gasteiger partial charge in [-0.15, -0.1) is 0 Å². The molecular formula is C30H61O2Y-. The zero-order valence-electron chi connectivity index (χ0n) is 24.8. The Hall–Kier alpha value is -0.276. The molecule has 0 aliphatic heterocycles. The van der Waals surface area contributed by atoms with Gasteiger partial charge in [-0.05, 0) is 59.0 Å². The quantitative estimate of drug-likeness (QED) is 0.131. The molecule has 0 aliphatic carbocycles. The van der Waals surface area contributed by atoms with Gasteiger partial charge in [-0.1, -0.05) is 104 Å². The SMILES string of the molecule is C=CC(C=C)=C/C=C/C(=C)C.CC.CC.CC.CCOC(C)CCCCOC(C)CC.[CH3-].[Y]. The first kappa shape index (κ1) is 49.8. The second kappa shape index (κ2) is 49.0. The predicted octanol–water partition coefficient (Wildman–Crippen LogP) is 10.3. The Morgan fingerprint density at radius 1 is 0.848 bits per heavy atom. The van der Waals surface area contributed by atoms with Crippen molar-refractivity contribution in [2.24, 2.45) is 0 Å². The molecule has 0 aromatic carbocycles. The number of allylic oxidation sites excluding steroid dienone is 7. The van der Waals surface area contributed by atoms with Crippen molar-refractivity contribution in [2.45, 2.75) is 114 Å². The van der Waals surface area contributed by atoms with E-state index in [1.165, 1.54) is 6.42 Å². The van der Waals surface area contributed by atoms with Crippen LogP contribution in [0.1, 0.15) is 102 Å². The zero-order chi connectivity index (χ0) is 25.5. The molecule has 0 saturated carbocycles. The van der Waals surface area contributed by atoms with E-state index in [9.17, 15) is 0 Å². The van der Waals surface area contributed by atoms with E-state index in [1.54, 1.807) is 12.2 Å². The van der Waals surface area contributed by atoms with Crippen molar-refractivity contribution in [1.82, 2.24) is 0 Å². The summed E-state index contributed by atoms with van der Waals surface area (Å²) in [6, 6.07) is 0. The Bertz CT molecular complexity index is 402. The summed E-state index contributed by atoms with van der Waals surface area (Å²) in [6.07, 6.45) is 14.8. The van der Waals surface area contributed by atoms with Crippen LogP contribution in [0.15, 0.2) is 61.3 Å². The fraction of sp³-hybridized carbons (Fsp3) is 0.633. The molecule has 0 bridgehead atoms. The smallest absolute Gasteiger partial charge is 0.0546 e. The molecule has 33 heavy (non-hydrogen) atoms. The maximum absolute atomic E-state index is 5.59. The van der Waals surface area contributed by atoms with Crippen LogP contribution in [0.2, 0.25) is 0 Å². The number of hydrogen-bond acceptors (Lipinski definition) is 2. The van der Waals surface area contributed by atoms with Gasteiger partial charge in [0, 0.05) is 45.9 Å². The third-order valence-electron chi connectivity index (χ3n) is 3.57. The number of hydrogen-bond donors (Lipinski definition) is 0. The predicted molar refractivity (Wildman–Crippen MR) is 154 cm³/mol. The van der Waals surface area contributed by atoms with Gasteiger partial charge in [0.05, 0.1) is 12.2 Å². The van der Waals surface area contributed by atoms with Crippen molar-refractivity contribution < 1.29 is 42.2 Å². The molecule has 0 heterocycles. The van der Waals surface area contributed by atoms with E-state index < -0.39 is 0 Å². The summed E-state index contributed by atoms with van der Waals surface area (Å²) in [4.78, 5) is 0. The van der Waals surface area contributed by atoms with E-state index in [4.69, 9.17) is 9.47 Å². The van der Waals surface area contributed by atoms with E-state index in [1.807, 2.05) is 73.6 Å². The summed E-state index contributed by atoms with van der Waals surface area (Å²) in [5.74, 6) is 0. The molecule has 0 N–H and O–H groups in total. The minimum absolute atomic E-state index is 0. The Kier molecular flexibility index (Phi) is 73.9. The summed E-state index contributed by atoms with van der Waals surface area (Å²) in [6.45, 7) is 35.1. The van der Waals surface area contributed by atoms with Crippen LogP contribution in [0.5, 0.6) is 0 Å². The van der Waals surface area contributed by atoms with Gasteiger partial charge in [0.15, 0.2) is 0 Å². The summed E-state index contributed by atoms with van der Waals surface area (Å²) in [5.41, 5.74) is 2.05. The molecule has 0 amide bonds. The molecule has 0 aromatic heterocycles. The van der Waals surface area contributed by atoms with Gasteiger partial charge >= 0.3 is 0 Å². The molecule has 3 heteroatoms. The Morgan fingerprint density at radius 3 is 1.70 bits per heavy atom. The van der Waals surface area contributed by atoms with Crippen molar-refractivity contribution in [3.63, 3.8) is 0 Å². The summed E-state index contributed by atoms with van der Waals surface area (Å²) in [7, 11) is 0. The Morgan fingerprint density at radius 2 is 1.33 bits per heavy atom. The molecular weight excluding hydrogens is 481 g/mol. The maximum Gasteiger partial charge on any atom is 0.0546 e. The third-order valence-corrected chi connectivity index (χ3v) is 3.57. The summed E-state index contributed by atoms with van der Waals surface area (Å²) in [5, 5.41) is 0. The molecule has 2 atom stereocenters. The van der Waals surface area contributed by atoms with Gasteiger partial charge in [-0.25, -0.2) is 0 Å². The maximum atomic E-state index is 5.59. The van der Waals surface area contributed by atoms with Crippen LogP contribution >= 0.6 is 0 Å². The van der Waals surface area contributed by atoms with Gasteiger partial charge in [0.2, 0.25) is 0 Å². The standard InChI is InChI=1S/C12H26O2.C11H14.3C2H6.CH3.Y/c1-5-11(3)14-10-8-7-9-12(4)13-6-2;1-5-11(6-2)9-7-8-10(3)4;3*1-2;;/h11-12H,5-10H2,1-4H3;5-9H,1-3H2,4H3;3*1-2H3;1H3;/q;;;;;-1;/b;8-7+;;;;;. The monoisotopic (exact) mass is 542 g/mol. The van der Waals surface area contributed by atoms with Crippen LogP contribution < -0.4 is 0 Å². The van der Waals surface area contributed by atoms with Crippen molar-refractivity contribution in [1.29, 1.82) is 0 Å². The van der Waals surface area contributed by atoms with Gasteiger partial charge in [-0.2, -0.15) is 0 Å². The average molecular weight is 543 g/mol. The summed E-state index contributed by atoms with van der Waals surface area (Å²) >= 11 is 0. The molecule has 0 rings (SSSR count). The first-order valence-electron chi connectivity index (χ1n) is 12.4. The molecule has 0 saturated heterocycles. The Labute approximate surface area is 237 Å². The second-order valence-electron chi connectivity index (χ2n) is 6.13. The van der Waals surface area contributed by atoms with Crippen molar-refractivity contribution in [3.8, 4) is 0 Å². The van der Waals surface area contributed by atoms with E-state index in [0.29, 0.717) is 12.2 Å². The minimum atomic E-state index is 0. The van der Waals surface area contributed by atoms with Crippen LogP contribution in [0.4, 0.5) is 0 Å². The van der Waals surface area contributed by atoms with Crippen molar-refractivity contribution in [2.75, 3.05) is 13.2 Å². The van der Waals surface area contributed by atoms with Crippen LogP contribution in [0.25, 0.3) is 0 Å². The van der Waals surface area contributed by atoms with Crippen molar-refractivity contribution >= 4 is 0 Å². The molecule has 197 valence electrons. The fourth-order valence-corrected chi connectivity index (χ4v) is 1.85. The molecule has 2 nitrogen and oxygen atoms in total. The largest absolute Gasteiger partial charge is 0.379 e. The first-order valence-corrected chi connectivity index (χ1v) is 12.4. The second-order valence-corrected chi connectivity index (χ2v) is 6.13. The number of rotatable bonds is 13. The van der Waals surface area contributed by atoms with Gasteiger partial charge < -0.3 is 16.9 Å². The molecule has 2 unspecified atom stereocenters. The van der Waals surface area contributed by atoms with Crippen LogP contribution in [0, 0.1) is 7.43 Å². The first-order chi connectivity index (χ1) is 14.9. The van der Waals surface area contributed by atoms with Crippen LogP contribution in [0.3, 0.4) is 0 Å². The Balaban J connectivity index is -0.0000000642. The van der Waals surface area contributed by atoms with E-state index in [2.05, 4.69) is 40.5 Å². The fourth-order valence-electron chi connectivity index (χ4n) is 1.85. The van der Waals surface area contributed by atoms with Gasteiger partial charge in [0.1, 0.15) is 0 Å². The van der Waals surface area contributed by atoms with E-state index in [-0.39, 0.29) is 40.1 Å². The molecule has 0 spiro atoms. The normalized spacial score (nSPS) is 10.2. The van der Waals surface area contributed by atoms with Crippen LogP contribution in [-0.2, 0) is 42.2 Å². The van der Waals surface area contributed by atoms with E-state index in [0.717, 1.165) is 43.6 Å². The van der Waals surface area contributed by atoms with Crippen molar-refractivity contribution in [3.05, 3.63) is 68.7 Å². The minimum Gasteiger partial charge on any atom is -0.379 e. The molecule has 0 aromatic rings. The average Bonchev–Trinajstić information content (AvgIpc) is 2.80. The molecule has 0 fully saturated rings. The summed E-state index contributed by atoms with van der Waals surface area (Å²) < 4.78 is 11.0. The number of ether oxygens (including phenoxy) is 2. The molecule has 1 radical (unpaired) electrons. The van der Waals surface area contributed by atoms with Gasteiger partial charge in [-0.3, -0.25) is 0 Å². The van der Waals surface area contributed by atoms with E-state index >= 15 is 0 Å². The molecule has 0 aliphatic rings. The third kappa shape index (κ3) is 54.3. The van der Waals surface area contributed by atoms with Gasteiger partial charge in [0.25, 0.3) is 0 Å².